The minimum Gasteiger partial charge on any atom is -0.507 e. The van der Waals surface area contributed by atoms with E-state index in [2.05, 4.69) is 17.2 Å². The van der Waals surface area contributed by atoms with Crippen LogP contribution in [-0.2, 0) is 0 Å². The first-order valence-corrected chi connectivity index (χ1v) is 5.35. The summed E-state index contributed by atoms with van der Waals surface area (Å²) in [5, 5.41) is 12.8. The minimum atomic E-state index is 0.187. The molecule has 0 unspecified atom stereocenters. The van der Waals surface area contributed by atoms with Crippen LogP contribution in [0.4, 0.5) is 0 Å². The van der Waals surface area contributed by atoms with Crippen LogP contribution in [0.2, 0.25) is 0 Å². The summed E-state index contributed by atoms with van der Waals surface area (Å²) in [6.45, 7) is 4.56. The van der Waals surface area contributed by atoms with Crippen LogP contribution in [0, 0.1) is 0 Å². The van der Waals surface area contributed by atoms with Gasteiger partial charge in [0.25, 0.3) is 0 Å². The van der Waals surface area contributed by atoms with Crippen molar-refractivity contribution in [1.29, 1.82) is 0 Å². The van der Waals surface area contributed by atoms with Crippen molar-refractivity contribution >= 4 is 6.21 Å². The molecule has 0 heterocycles. The molecule has 1 rings (SSSR count). The molecule has 2 N–H and O–H groups in total. The smallest absolute Gasteiger partial charge is 0.128 e. The Morgan fingerprint density at radius 2 is 2.31 bits per heavy atom. The van der Waals surface area contributed by atoms with Crippen molar-refractivity contribution in [3.05, 3.63) is 23.8 Å². The Hall–Kier alpha value is -1.55. The molecule has 88 valence electrons. The number of phenols is 1. The number of rotatable bonds is 6. The molecule has 0 saturated heterocycles. The highest BCUT2D eigenvalue weighted by atomic mass is 16.5. The van der Waals surface area contributed by atoms with Gasteiger partial charge in [0, 0.05) is 24.4 Å². The van der Waals surface area contributed by atoms with Gasteiger partial charge in [-0.25, -0.2) is 0 Å². The minimum absolute atomic E-state index is 0.187. The third kappa shape index (κ3) is 3.90. The second kappa shape index (κ2) is 6.85. The second-order valence-corrected chi connectivity index (χ2v) is 3.31. The summed E-state index contributed by atoms with van der Waals surface area (Å²) in [6, 6.07) is 5.15. The van der Waals surface area contributed by atoms with E-state index >= 15 is 0 Å². The quantitative estimate of drug-likeness (QED) is 0.565. The van der Waals surface area contributed by atoms with Gasteiger partial charge in [-0.1, -0.05) is 6.92 Å². The van der Waals surface area contributed by atoms with E-state index < -0.39 is 0 Å². The lowest BCUT2D eigenvalue weighted by Gasteiger charge is -2.02. The van der Waals surface area contributed by atoms with Gasteiger partial charge in [0.2, 0.25) is 0 Å². The Kier molecular flexibility index (Phi) is 5.36. The van der Waals surface area contributed by atoms with Gasteiger partial charge in [0.15, 0.2) is 0 Å². The summed E-state index contributed by atoms with van der Waals surface area (Å²) in [5.74, 6) is 0.828. The van der Waals surface area contributed by atoms with Crippen LogP contribution in [0.1, 0.15) is 12.5 Å². The van der Waals surface area contributed by atoms with E-state index in [0.29, 0.717) is 17.9 Å². The molecule has 0 aromatic heterocycles. The Labute approximate surface area is 96.0 Å². The van der Waals surface area contributed by atoms with E-state index in [1.54, 1.807) is 31.5 Å². The van der Waals surface area contributed by atoms with Crippen molar-refractivity contribution in [2.75, 3.05) is 26.7 Å². The number of hydrogen-bond donors (Lipinski definition) is 2. The Morgan fingerprint density at radius 3 is 2.94 bits per heavy atom. The van der Waals surface area contributed by atoms with Crippen molar-refractivity contribution in [3.63, 3.8) is 0 Å². The van der Waals surface area contributed by atoms with Crippen LogP contribution >= 0.6 is 0 Å². The average Bonchev–Trinajstić information content (AvgIpc) is 2.30. The van der Waals surface area contributed by atoms with Crippen LogP contribution in [0.15, 0.2) is 23.2 Å². The van der Waals surface area contributed by atoms with Crippen molar-refractivity contribution < 1.29 is 9.84 Å². The van der Waals surface area contributed by atoms with Gasteiger partial charge in [-0.05, 0) is 18.7 Å². The first kappa shape index (κ1) is 12.5. The van der Waals surface area contributed by atoms with E-state index in [1.807, 2.05) is 0 Å². The molecule has 1 aromatic rings. The number of phenolic OH excluding ortho intramolecular Hbond substituents is 1. The molecule has 0 atom stereocenters. The van der Waals surface area contributed by atoms with Gasteiger partial charge in [-0.15, -0.1) is 0 Å². The Morgan fingerprint density at radius 1 is 1.50 bits per heavy atom. The largest absolute Gasteiger partial charge is 0.507 e. The number of aliphatic imine (C=N–C) groups is 1. The molecule has 0 aliphatic carbocycles. The number of hydrogen-bond acceptors (Lipinski definition) is 4. The zero-order chi connectivity index (χ0) is 11.8. The second-order valence-electron chi connectivity index (χ2n) is 3.31. The molecular formula is C12H18N2O2. The molecule has 16 heavy (non-hydrogen) atoms. The van der Waals surface area contributed by atoms with Crippen molar-refractivity contribution in [1.82, 2.24) is 5.32 Å². The van der Waals surface area contributed by atoms with Gasteiger partial charge in [0.05, 0.1) is 13.7 Å². The first-order chi connectivity index (χ1) is 7.77. The van der Waals surface area contributed by atoms with Crippen LogP contribution in [0.3, 0.4) is 0 Å². The molecule has 0 spiro atoms. The predicted molar refractivity (Wildman–Crippen MR) is 65.7 cm³/mol. The molecule has 4 nitrogen and oxygen atoms in total. The molecule has 4 heteroatoms. The monoisotopic (exact) mass is 222 g/mol. The lowest BCUT2D eigenvalue weighted by molar-refractivity contribution is 0.407. The molecule has 0 aliphatic heterocycles. The highest BCUT2D eigenvalue weighted by Gasteiger charge is 1.99. The molecule has 0 aliphatic rings. The Bertz CT molecular complexity index is 351. The summed E-state index contributed by atoms with van der Waals surface area (Å²) >= 11 is 0. The molecule has 0 radical (unpaired) electrons. The maximum atomic E-state index is 9.64. The SMILES string of the molecule is CCNCCN=Cc1ccc(OC)cc1O. The number of nitrogens with zero attached hydrogens (tertiary/aromatic N) is 1. The van der Waals surface area contributed by atoms with E-state index in [1.165, 1.54) is 0 Å². The highest BCUT2D eigenvalue weighted by Crippen LogP contribution is 2.21. The zero-order valence-corrected chi connectivity index (χ0v) is 9.73. The van der Waals surface area contributed by atoms with Crippen LogP contribution in [0.25, 0.3) is 0 Å². The van der Waals surface area contributed by atoms with Crippen LogP contribution in [-0.4, -0.2) is 38.1 Å². The maximum absolute atomic E-state index is 9.64. The third-order valence-corrected chi connectivity index (χ3v) is 2.14. The van der Waals surface area contributed by atoms with E-state index in [0.717, 1.165) is 13.1 Å². The summed E-state index contributed by atoms with van der Waals surface area (Å²) in [5.41, 5.74) is 0.706. The lowest BCUT2D eigenvalue weighted by atomic mass is 10.2. The van der Waals surface area contributed by atoms with E-state index in [9.17, 15) is 5.11 Å². The van der Waals surface area contributed by atoms with Crippen LogP contribution < -0.4 is 10.1 Å². The molecule has 1 aromatic carbocycles. The number of aromatic hydroxyl groups is 1. The number of nitrogens with one attached hydrogen (secondary N) is 1. The topological polar surface area (TPSA) is 53.9 Å². The predicted octanol–water partition coefficient (Wildman–Crippen LogP) is 1.43. The van der Waals surface area contributed by atoms with Gasteiger partial charge < -0.3 is 15.2 Å². The van der Waals surface area contributed by atoms with Crippen molar-refractivity contribution in [2.45, 2.75) is 6.92 Å². The molecular weight excluding hydrogens is 204 g/mol. The molecule has 0 saturated carbocycles. The summed E-state index contributed by atoms with van der Waals surface area (Å²) < 4.78 is 4.99. The van der Waals surface area contributed by atoms with E-state index in [4.69, 9.17) is 4.74 Å². The standard InChI is InChI=1S/C12H18N2O2/c1-3-13-6-7-14-9-10-4-5-11(16-2)8-12(10)15/h4-5,8-9,13,15H,3,6-7H2,1-2H3. The number of ether oxygens (including phenoxy) is 1. The van der Waals surface area contributed by atoms with Crippen LogP contribution in [0.5, 0.6) is 11.5 Å². The normalized spacial score (nSPS) is 10.9. The average molecular weight is 222 g/mol. The fourth-order valence-electron chi connectivity index (χ4n) is 1.24. The number of methoxy groups -OCH3 is 1. The highest BCUT2D eigenvalue weighted by molar-refractivity contribution is 5.83. The first-order valence-electron chi connectivity index (χ1n) is 5.35. The van der Waals surface area contributed by atoms with Gasteiger partial charge in [-0.2, -0.15) is 0 Å². The van der Waals surface area contributed by atoms with Crippen molar-refractivity contribution in [2.24, 2.45) is 4.99 Å². The van der Waals surface area contributed by atoms with Gasteiger partial charge in [0.1, 0.15) is 11.5 Å². The lowest BCUT2D eigenvalue weighted by Crippen LogP contribution is -2.16. The molecule has 0 fully saturated rings. The summed E-state index contributed by atoms with van der Waals surface area (Å²) in [4.78, 5) is 4.21. The van der Waals surface area contributed by atoms with Crippen molar-refractivity contribution in [3.8, 4) is 11.5 Å². The third-order valence-electron chi connectivity index (χ3n) is 2.14. The Balaban J connectivity index is 2.53. The molecule has 0 amide bonds. The van der Waals surface area contributed by atoms with Gasteiger partial charge >= 0.3 is 0 Å². The number of benzene rings is 1. The maximum Gasteiger partial charge on any atom is 0.128 e. The fraction of sp³-hybridized carbons (Fsp3) is 0.417. The zero-order valence-electron chi connectivity index (χ0n) is 9.73. The summed E-state index contributed by atoms with van der Waals surface area (Å²) in [7, 11) is 1.57. The van der Waals surface area contributed by atoms with E-state index in [-0.39, 0.29) is 5.75 Å². The molecule has 0 bridgehead atoms. The fourth-order valence-corrected chi connectivity index (χ4v) is 1.24. The summed E-state index contributed by atoms with van der Waals surface area (Å²) in [6.07, 6.45) is 1.67. The van der Waals surface area contributed by atoms with Gasteiger partial charge in [-0.3, -0.25) is 4.99 Å². The number of likely N-dealkylation sites (N-methyl/N-ethyl adjacent to an activating group) is 1.